The molecule has 2 rings (SSSR count). The summed E-state index contributed by atoms with van der Waals surface area (Å²) in [4.78, 5) is 49.2. The Morgan fingerprint density at radius 3 is 0.630 bits per heavy atom. The van der Waals surface area contributed by atoms with E-state index in [9.17, 15) is 45.1 Å². The van der Waals surface area contributed by atoms with Gasteiger partial charge < -0.3 is 28.1 Å². The van der Waals surface area contributed by atoms with Crippen LogP contribution in [-0.4, -0.2) is 125 Å². The van der Waals surface area contributed by atoms with E-state index < -0.39 is 68.8 Å². The number of ether oxygens (including phenoxy) is 4. The van der Waals surface area contributed by atoms with Crippen molar-refractivity contribution < 1.29 is 64.1 Å². The van der Waals surface area contributed by atoms with Gasteiger partial charge in [-0.1, -0.05) is 282 Å². The summed E-state index contributed by atoms with van der Waals surface area (Å²) in [5.74, 6) is -4.61. The molecule has 14 nitrogen and oxygen atoms in total. The Morgan fingerprint density at radius 1 is 0.296 bits per heavy atom. The van der Waals surface area contributed by atoms with Gasteiger partial charge in [0, 0.05) is 0 Å². The fourth-order valence-corrected chi connectivity index (χ4v) is 10.1. The fraction of sp³-hybridized carbons (Fsp3) is 0.750. The van der Waals surface area contributed by atoms with E-state index in [0.717, 1.165) is 38.5 Å². The van der Waals surface area contributed by atoms with Gasteiger partial charge >= 0.3 is 61.6 Å². The van der Waals surface area contributed by atoms with Gasteiger partial charge in [-0.25, -0.2) is 36.0 Å². The molecule has 0 spiro atoms. The summed E-state index contributed by atoms with van der Waals surface area (Å²) >= 11 is 0. The Balaban J connectivity index is 0.00000156. The second kappa shape index (κ2) is 54.1. The molecule has 0 aromatic heterocycles. The predicted molar refractivity (Wildman–Crippen MR) is 325 cm³/mol. The van der Waals surface area contributed by atoms with E-state index >= 15 is 0 Å². The van der Waals surface area contributed by atoms with Gasteiger partial charge in [-0.2, -0.15) is 0 Å². The molecule has 2 aromatic rings. The third kappa shape index (κ3) is 48.3. The molecule has 0 radical (unpaired) electrons. The topological polar surface area (TPSA) is 220 Å². The number of benzene rings is 2. The summed E-state index contributed by atoms with van der Waals surface area (Å²) in [6.07, 6.45) is 52.1. The van der Waals surface area contributed by atoms with E-state index in [2.05, 4.69) is 13.8 Å². The van der Waals surface area contributed by atoms with Crippen molar-refractivity contribution in [1.82, 2.24) is 0 Å². The molecule has 0 saturated heterocycles. The van der Waals surface area contributed by atoms with Crippen LogP contribution in [0.5, 0.6) is 0 Å². The monoisotopic (exact) mass is 1200 g/mol. The second-order valence-corrected chi connectivity index (χ2v) is 24.6. The van der Waals surface area contributed by atoms with Crippen molar-refractivity contribution in [2.45, 2.75) is 271 Å². The van der Waals surface area contributed by atoms with Gasteiger partial charge in [0.1, 0.15) is 13.2 Å². The Hall–Kier alpha value is -2.60. The molecule has 0 aliphatic carbocycles. The summed E-state index contributed by atoms with van der Waals surface area (Å²) in [6.45, 7) is 3.96. The molecule has 460 valence electrons. The zero-order chi connectivity index (χ0) is 58.6. The fourth-order valence-electron chi connectivity index (χ4n) is 9.51. The summed E-state index contributed by atoms with van der Waals surface area (Å²) < 4.78 is 84.3. The van der Waals surface area contributed by atoms with Gasteiger partial charge in [-0.05, 0) is 37.1 Å². The summed E-state index contributed by atoms with van der Waals surface area (Å²) in [7, 11) is -8.97. The van der Waals surface area contributed by atoms with Crippen molar-refractivity contribution >= 4 is 81.9 Å². The van der Waals surface area contributed by atoms with Gasteiger partial charge in [0.2, 0.25) is 0 Å². The standard InChI is InChI=1S/2C32H54O7S.Ca/c2*1-2-3-4-5-6-7-8-9-10-11-12-13-14-15-16-17-18-19-20-23-26-38-31(33)29-24-21-22-25-30(29)32(34)39-27-28-40(35,36)37;/h2*21-22,24-25H,2-20,23,26-28H2,1H3,(H,35,36,37);/q;;+2/p-2. The predicted octanol–water partition coefficient (Wildman–Crippen LogP) is 16.4. The van der Waals surface area contributed by atoms with Crippen LogP contribution in [0.4, 0.5) is 0 Å². The number of carbonyl (C=O) groups excluding carboxylic acids is 4. The number of rotatable bonds is 52. The third-order valence-electron chi connectivity index (χ3n) is 14.3. The number of unbranched alkanes of at least 4 members (excludes halogenated alkanes) is 38. The maximum Gasteiger partial charge on any atom is 2.00 e. The van der Waals surface area contributed by atoms with Gasteiger partial charge in [0.05, 0.1) is 67.2 Å². The summed E-state index contributed by atoms with van der Waals surface area (Å²) in [5, 5.41) is 0. The maximum absolute atomic E-state index is 12.4. The van der Waals surface area contributed by atoms with Crippen LogP contribution in [0.25, 0.3) is 0 Å². The molecule has 0 N–H and O–H groups in total. The second-order valence-electron chi connectivity index (χ2n) is 21.6. The number of hydrogen-bond acceptors (Lipinski definition) is 14. The molecule has 0 aliphatic rings. The van der Waals surface area contributed by atoms with Crippen LogP contribution in [0.15, 0.2) is 48.5 Å². The maximum atomic E-state index is 12.4. The van der Waals surface area contributed by atoms with E-state index in [-0.39, 0.29) is 73.2 Å². The minimum atomic E-state index is -4.48. The molecule has 0 amide bonds. The molecular formula is C64H106CaO14S2. The van der Waals surface area contributed by atoms with Crippen LogP contribution < -0.4 is 0 Å². The molecule has 2 aromatic carbocycles. The Kier molecular flexibility index (Phi) is 52.3. The molecule has 17 heteroatoms. The van der Waals surface area contributed by atoms with Gasteiger partial charge in [0.25, 0.3) is 0 Å². The first kappa shape index (κ1) is 78.4. The molecule has 0 aliphatic heterocycles. The van der Waals surface area contributed by atoms with E-state index in [0.29, 0.717) is 0 Å². The van der Waals surface area contributed by atoms with E-state index in [1.807, 2.05) is 0 Å². The van der Waals surface area contributed by atoms with Crippen LogP contribution in [0.3, 0.4) is 0 Å². The number of hydrogen-bond donors (Lipinski definition) is 0. The zero-order valence-corrected chi connectivity index (χ0v) is 54.2. The van der Waals surface area contributed by atoms with Crippen LogP contribution in [0, 0.1) is 0 Å². The van der Waals surface area contributed by atoms with Gasteiger partial charge in [0.15, 0.2) is 0 Å². The minimum absolute atomic E-state index is 0. The molecule has 0 saturated carbocycles. The largest absolute Gasteiger partial charge is 2.00 e. The Morgan fingerprint density at radius 2 is 0.457 bits per heavy atom. The molecule has 0 bridgehead atoms. The van der Waals surface area contributed by atoms with Crippen LogP contribution >= 0.6 is 0 Å². The first-order valence-electron chi connectivity index (χ1n) is 31.4. The van der Waals surface area contributed by atoms with Gasteiger partial charge in [-0.15, -0.1) is 0 Å². The van der Waals surface area contributed by atoms with E-state index in [4.69, 9.17) is 18.9 Å². The third-order valence-corrected chi connectivity index (χ3v) is 15.7. The van der Waals surface area contributed by atoms with Crippen LogP contribution in [-0.2, 0) is 39.2 Å². The molecular weight excluding hydrogens is 1100 g/mol. The van der Waals surface area contributed by atoms with Crippen molar-refractivity contribution in [1.29, 1.82) is 0 Å². The van der Waals surface area contributed by atoms with Crippen LogP contribution in [0.2, 0.25) is 0 Å². The van der Waals surface area contributed by atoms with Crippen molar-refractivity contribution in [3.05, 3.63) is 70.8 Å². The zero-order valence-electron chi connectivity index (χ0n) is 50.4. The van der Waals surface area contributed by atoms with Gasteiger partial charge in [-0.3, -0.25) is 0 Å². The summed E-state index contributed by atoms with van der Waals surface area (Å²) in [5.41, 5.74) is 0.0925. The van der Waals surface area contributed by atoms with E-state index in [1.165, 1.54) is 243 Å². The minimum Gasteiger partial charge on any atom is -0.748 e. The first-order valence-corrected chi connectivity index (χ1v) is 34.6. The average molecular weight is 1200 g/mol. The van der Waals surface area contributed by atoms with E-state index in [1.54, 1.807) is 24.3 Å². The first-order chi connectivity index (χ1) is 38.7. The van der Waals surface area contributed by atoms with Crippen molar-refractivity contribution in [3.8, 4) is 0 Å². The number of esters is 4. The van der Waals surface area contributed by atoms with Crippen molar-refractivity contribution in [2.75, 3.05) is 37.9 Å². The molecule has 0 atom stereocenters. The van der Waals surface area contributed by atoms with Crippen LogP contribution in [0.1, 0.15) is 312 Å². The number of carbonyl (C=O) groups is 4. The molecule has 81 heavy (non-hydrogen) atoms. The van der Waals surface area contributed by atoms with Crippen molar-refractivity contribution in [2.24, 2.45) is 0 Å². The Bertz CT molecular complexity index is 1950. The normalized spacial score (nSPS) is 11.3. The summed E-state index contributed by atoms with van der Waals surface area (Å²) in [6, 6.07) is 12.1. The molecule has 0 unspecified atom stereocenters. The molecule has 0 fully saturated rings. The van der Waals surface area contributed by atoms with Crippen molar-refractivity contribution in [3.63, 3.8) is 0 Å². The Labute approximate surface area is 521 Å². The SMILES string of the molecule is CCCCCCCCCCCCCCCCCCCCCCOC(=O)c1ccccc1C(=O)OCCS(=O)(=O)[O-].CCCCCCCCCCCCCCCCCCCCCCOC(=O)c1ccccc1C(=O)OCCS(=O)(=O)[O-].[Ca+2]. The molecule has 0 heterocycles. The quantitative estimate of drug-likeness (QED) is 0.0198. The average Bonchev–Trinajstić information content (AvgIpc) is 3.43. The smallest absolute Gasteiger partial charge is 0.748 e.